The van der Waals surface area contributed by atoms with Gasteiger partial charge in [-0.05, 0) is 38.6 Å². The average Bonchev–Trinajstić information content (AvgIpc) is 2.95. The van der Waals surface area contributed by atoms with E-state index in [0.717, 1.165) is 24.3 Å². The Balaban J connectivity index is 1.94. The quantitative estimate of drug-likeness (QED) is 0.787. The Hall–Kier alpha value is -1.72. The van der Waals surface area contributed by atoms with Gasteiger partial charge in [0.2, 0.25) is 0 Å². The van der Waals surface area contributed by atoms with Crippen LogP contribution >= 0.6 is 0 Å². The van der Waals surface area contributed by atoms with Crippen molar-refractivity contribution in [2.24, 2.45) is 5.92 Å². The van der Waals surface area contributed by atoms with Crippen LogP contribution in [0.25, 0.3) is 11.3 Å². The number of aromatic nitrogens is 3. The van der Waals surface area contributed by atoms with Crippen molar-refractivity contribution in [2.75, 3.05) is 20.6 Å². The van der Waals surface area contributed by atoms with Crippen LogP contribution in [0, 0.1) is 5.92 Å². The molecule has 5 heteroatoms. The minimum absolute atomic E-state index is 0.550. The van der Waals surface area contributed by atoms with Crippen molar-refractivity contribution in [3.8, 4) is 11.3 Å². The molecule has 0 saturated carbocycles. The second kappa shape index (κ2) is 8.06. The molecular formula is C17H27N5. The van der Waals surface area contributed by atoms with Crippen molar-refractivity contribution < 1.29 is 0 Å². The molecule has 0 radical (unpaired) electrons. The molecule has 0 spiro atoms. The Morgan fingerprint density at radius 1 is 1.27 bits per heavy atom. The van der Waals surface area contributed by atoms with Gasteiger partial charge < -0.3 is 10.2 Å². The molecule has 1 unspecified atom stereocenters. The van der Waals surface area contributed by atoms with Gasteiger partial charge in [0.25, 0.3) is 0 Å². The van der Waals surface area contributed by atoms with Gasteiger partial charge in [-0.3, -0.25) is 10.1 Å². The number of nitrogens with zero attached hydrogens (tertiary/aromatic N) is 3. The summed E-state index contributed by atoms with van der Waals surface area (Å²) in [5.74, 6) is 0.703. The van der Waals surface area contributed by atoms with Crippen LogP contribution in [0.3, 0.4) is 0 Å². The summed E-state index contributed by atoms with van der Waals surface area (Å²) in [6.07, 6.45) is 6.73. The van der Waals surface area contributed by atoms with Crippen molar-refractivity contribution in [1.29, 1.82) is 0 Å². The molecule has 2 N–H and O–H groups in total. The van der Waals surface area contributed by atoms with E-state index in [9.17, 15) is 0 Å². The Kier molecular flexibility index (Phi) is 6.10. The van der Waals surface area contributed by atoms with Crippen molar-refractivity contribution in [3.63, 3.8) is 0 Å². The zero-order chi connectivity index (χ0) is 15.9. The molecule has 22 heavy (non-hydrogen) atoms. The highest BCUT2D eigenvalue weighted by molar-refractivity contribution is 5.61. The lowest BCUT2D eigenvalue weighted by Gasteiger charge is -2.26. The summed E-state index contributed by atoms with van der Waals surface area (Å²) in [6, 6.07) is 4.54. The predicted molar refractivity (Wildman–Crippen MR) is 90.5 cm³/mol. The molecule has 2 aromatic heterocycles. The van der Waals surface area contributed by atoms with Crippen LogP contribution in [0.2, 0.25) is 0 Å². The van der Waals surface area contributed by atoms with Crippen LogP contribution < -0.4 is 5.32 Å². The van der Waals surface area contributed by atoms with Crippen molar-refractivity contribution in [1.82, 2.24) is 25.4 Å². The average molecular weight is 301 g/mol. The zero-order valence-corrected chi connectivity index (χ0v) is 14.0. The van der Waals surface area contributed by atoms with Crippen LogP contribution in [0.4, 0.5) is 0 Å². The molecule has 0 aliphatic carbocycles. The molecule has 2 rings (SSSR count). The van der Waals surface area contributed by atoms with Crippen LogP contribution in [-0.2, 0) is 6.54 Å². The van der Waals surface area contributed by atoms with Gasteiger partial charge in [-0.2, -0.15) is 5.10 Å². The first-order valence-corrected chi connectivity index (χ1v) is 7.87. The van der Waals surface area contributed by atoms with Gasteiger partial charge in [0.05, 0.1) is 11.9 Å². The van der Waals surface area contributed by atoms with Crippen LogP contribution in [-0.4, -0.2) is 46.8 Å². The maximum absolute atomic E-state index is 4.18. The van der Waals surface area contributed by atoms with E-state index in [2.05, 4.69) is 53.3 Å². The lowest BCUT2D eigenvalue weighted by molar-refractivity contribution is 0.247. The van der Waals surface area contributed by atoms with Crippen molar-refractivity contribution in [3.05, 3.63) is 36.3 Å². The molecule has 0 aromatic carbocycles. The number of hydrogen-bond acceptors (Lipinski definition) is 4. The molecule has 0 aliphatic heterocycles. The lowest BCUT2D eigenvalue weighted by atomic mass is 10.0. The minimum atomic E-state index is 0.550. The monoisotopic (exact) mass is 301 g/mol. The summed E-state index contributed by atoms with van der Waals surface area (Å²) < 4.78 is 0. The SMILES string of the molecule is CC(C)CC(CNCc1cn[nH]c1-c1cccnc1)N(C)C. The Morgan fingerprint density at radius 2 is 2.09 bits per heavy atom. The van der Waals surface area contributed by atoms with E-state index in [-0.39, 0.29) is 0 Å². The first kappa shape index (κ1) is 16.6. The summed E-state index contributed by atoms with van der Waals surface area (Å²) in [5.41, 5.74) is 3.30. The lowest BCUT2D eigenvalue weighted by Crippen LogP contribution is -2.38. The van der Waals surface area contributed by atoms with Gasteiger partial charge in [0.15, 0.2) is 0 Å². The van der Waals surface area contributed by atoms with Gasteiger partial charge in [-0.25, -0.2) is 0 Å². The predicted octanol–water partition coefficient (Wildman–Crippen LogP) is 2.54. The number of likely N-dealkylation sites (N-methyl/N-ethyl adjacent to an activating group) is 1. The van der Waals surface area contributed by atoms with E-state index in [1.807, 2.05) is 24.5 Å². The molecule has 0 amide bonds. The maximum Gasteiger partial charge on any atom is 0.0710 e. The minimum Gasteiger partial charge on any atom is -0.311 e. The molecule has 0 bridgehead atoms. The molecule has 5 nitrogen and oxygen atoms in total. The number of aromatic amines is 1. The fourth-order valence-electron chi connectivity index (χ4n) is 2.60. The zero-order valence-electron chi connectivity index (χ0n) is 14.0. The summed E-state index contributed by atoms with van der Waals surface area (Å²) in [4.78, 5) is 6.47. The fraction of sp³-hybridized carbons (Fsp3) is 0.529. The van der Waals surface area contributed by atoms with Gasteiger partial charge in [0, 0.05) is 42.7 Å². The number of pyridine rings is 1. The van der Waals surface area contributed by atoms with E-state index >= 15 is 0 Å². The number of H-pyrrole nitrogens is 1. The van der Waals surface area contributed by atoms with E-state index in [0.29, 0.717) is 12.0 Å². The number of hydrogen-bond donors (Lipinski definition) is 2. The van der Waals surface area contributed by atoms with Crippen LogP contribution in [0.5, 0.6) is 0 Å². The fourth-order valence-corrected chi connectivity index (χ4v) is 2.60. The molecular weight excluding hydrogens is 274 g/mol. The van der Waals surface area contributed by atoms with Crippen molar-refractivity contribution >= 4 is 0 Å². The molecule has 2 heterocycles. The van der Waals surface area contributed by atoms with E-state index in [1.165, 1.54) is 12.0 Å². The highest BCUT2D eigenvalue weighted by atomic mass is 15.1. The Labute approximate surface area is 133 Å². The van der Waals surface area contributed by atoms with Crippen LogP contribution in [0.15, 0.2) is 30.7 Å². The highest BCUT2D eigenvalue weighted by Gasteiger charge is 2.14. The summed E-state index contributed by atoms with van der Waals surface area (Å²) in [7, 11) is 4.29. The topological polar surface area (TPSA) is 56.8 Å². The molecule has 0 aliphatic rings. The summed E-state index contributed by atoms with van der Waals surface area (Å²) in [6.45, 7) is 6.33. The summed E-state index contributed by atoms with van der Waals surface area (Å²) >= 11 is 0. The largest absolute Gasteiger partial charge is 0.311 e. The molecule has 2 aromatic rings. The molecule has 0 saturated heterocycles. The molecule has 1 atom stereocenters. The third kappa shape index (κ3) is 4.64. The second-order valence-corrected chi connectivity index (χ2v) is 6.39. The van der Waals surface area contributed by atoms with Crippen LogP contribution in [0.1, 0.15) is 25.8 Å². The maximum atomic E-state index is 4.18. The van der Waals surface area contributed by atoms with Gasteiger partial charge in [-0.15, -0.1) is 0 Å². The normalized spacial score (nSPS) is 13.0. The smallest absolute Gasteiger partial charge is 0.0710 e. The first-order chi connectivity index (χ1) is 10.6. The van der Waals surface area contributed by atoms with E-state index in [4.69, 9.17) is 0 Å². The van der Waals surface area contributed by atoms with Crippen molar-refractivity contribution in [2.45, 2.75) is 32.9 Å². The standard InChI is InChI=1S/C17H27N5/c1-13(2)8-16(22(3)4)12-19-10-15-11-20-21-17(15)14-6-5-7-18-9-14/h5-7,9,11,13,16,19H,8,10,12H2,1-4H3,(H,20,21). The van der Waals surface area contributed by atoms with E-state index in [1.54, 1.807) is 6.20 Å². The third-order valence-corrected chi connectivity index (χ3v) is 3.84. The van der Waals surface area contributed by atoms with E-state index < -0.39 is 0 Å². The summed E-state index contributed by atoms with van der Waals surface area (Å²) in [5, 5.41) is 10.8. The van der Waals surface area contributed by atoms with Gasteiger partial charge in [0.1, 0.15) is 0 Å². The number of nitrogens with one attached hydrogen (secondary N) is 2. The molecule has 120 valence electrons. The Morgan fingerprint density at radius 3 is 2.73 bits per heavy atom. The Bertz CT molecular complexity index is 547. The number of rotatable bonds is 8. The van der Waals surface area contributed by atoms with Gasteiger partial charge >= 0.3 is 0 Å². The van der Waals surface area contributed by atoms with Gasteiger partial charge in [-0.1, -0.05) is 13.8 Å². The molecule has 0 fully saturated rings. The second-order valence-electron chi connectivity index (χ2n) is 6.39. The first-order valence-electron chi connectivity index (χ1n) is 7.87. The third-order valence-electron chi connectivity index (χ3n) is 3.84. The highest BCUT2D eigenvalue weighted by Crippen LogP contribution is 2.19.